The Balaban J connectivity index is 1.99. The standard InChI is InChI=1S/C16H19ClN4OS2/c1-9(7-18)6-11-13(23-2)12-14(24-11)15(21-16(17)20-12)19-8-10-4-3-5-22-10/h3-5,9H,6-8,18H2,1-2H3,(H,19,20,21)/t9-/m0/s1. The third kappa shape index (κ3) is 3.69. The first kappa shape index (κ1) is 17.5. The summed E-state index contributed by atoms with van der Waals surface area (Å²) < 4.78 is 6.38. The number of furan rings is 1. The van der Waals surface area contributed by atoms with Crippen molar-refractivity contribution in [3.8, 4) is 0 Å². The molecule has 128 valence electrons. The van der Waals surface area contributed by atoms with Crippen LogP contribution in [0.2, 0.25) is 5.28 Å². The minimum Gasteiger partial charge on any atom is -0.467 e. The Morgan fingerprint density at radius 1 is 1.46 bits per heavy atom. The van der Waals surface area contributed by atoms with Gasteiger partial charge in [0.15, 0.2) is 0 Å². The molecule has 8 heteroatoms. The van der Waals surface area contributed by atoms with Gasteiger partial charge in [0.2, 0.25) is 5.28 Å². The molecule has 0 saturated heterocycles. The molecule has 3 aromatic heterocycles. The monoisotopic (exact) mass is 382 g/mol. The first-order valence-electron chi connectivity index (χ1n) is 7.61. The quantitative estimate of drug-likeness (QED) is 0.465. The van der Waals surface area contributed by atoms with Crippen molar-refractivity contribution in [3.05, 3.63) is 34.3 Å². The number of rotatable bonds is 7. The fourth-order valence-electron chi connectivity index (χ4n) is 2.42. The average molecular weight is 383 g/mol. The topological polar surface area (TPSA) is 77.0 Å². The van der Waals surface area contributed by atoms with Gasteiger partial charge in [0, 0.05) is 9.77 Å². The van der Waals surface area contributed by atoms with Gasteiger partial charge in [-0.05, 0) is 48.9 Å². The summed E-state index contributed by atoms with van der Waals surface area (Å²) in [5.41, 5.74) is 6.70. The highest BCUT2D eigenvalue weighted by atomic mass is 35.5. The molecule has 0 aliphatic carbocycles. The molecule has 0 amide bonds. The minimum atomic E-state index is 0.246. The van der Waals surface area contributed by atoms with Crippen LogP contribution in [-0.4, -0.2) is 22.8 Å². The van der Waals surface area contributed by atoms with Gasteiger partial charge in [-0.3, -0.25) is 0 Å². The molecule has 1 atom stereocenters. The van der Waals surface area contributed by atoms with Gasteiger partial charge in [-0.2, -0.15) is 4.98 Å². The van der Waals surface area contributed by atoms with Crippen molar-refractivity contribution in [2.24, 2.45) is 11.7 Å². The van der Waals surface area contributed by atoms with Crippen LogP contribution in [0.1, 0.15) is 17.6 Å². The van der Waals surface area contributed by atoms with Gasteiger partial charge in [0.1, 0.15) is 17.1 Å². The number of fused-ring (bicyclic) bond motifs is 1. The number of hydrogen-bond donors (Lipinski definition) is 2. The lowest BCUT2D eigenvalue weighted by Crippen LogP contribution is -2.12. The highest BCUT2D eigenvalue weighted by molar-refractivity contribution is 7.99. The number of nitrogens with zero attached hydrogens (tertiary/aromatic N) is 2. The predicted molar refractivity (Wildman–Crippen MR) is 102 cm³/mol. The summed E-state index contributed by atoms with van der Waals surface area (Å²) in [4.78, 5) is 11.3. The van der Waals surface area contributed by atoms with E-state index in [0.29, 0.717) is 19.0 Å². The number of anilines is 1. The molecule has 0 radical (unpaired) electrons. The van der Waals surface area contributed by atoms with Crippen LogP contribution in [0.15, 0.2) is 27.7 Å². The summed E-state index contributed by atoms with van der Waals surface area (Å²) >= 11 is 9.55. The molecule has 5 nitrogen and oxygen atoms in total. The van der Waals surface area contributed by atoms with E-state index in [0.717, 1.165) is 28.2 Å². The van der Waals surface area contributed by atoms with Gasteiger partial charge >= 0.3 is 0 Å². The molecule has 0 unspecified atom stereocenters. The van der Waals surface area contributed by atoms with E-state index < -0.39 is 0 Å². The van der Waals surface area contributed by atoms with Crippen molar-refractivity contribution >= 4 is 50.7 Å². The third-order valence-corrected chi connectivity index (χ3v) is 6.04. The minimum absolute atomic E-state index is 0.246. The Bertz CT molecular complexity index is 819. The van der Waals surface area contributed by atoms with Gasteiger partial charge < -0.3 is 15.5 Å². The first-order valence-corrected chi connectivity index (χ1v) is 10.0. The highest BCUT2D eigenvalue weighted by Crippen LogP contribution is 2.40. The number of thiophene rings is 1. The third-order valence-electron chi connectivity index (χ3n) is 3.68. The van der Waals surface area contributed by atoms with E-state index in [-0.39, 0.29) is 5.28 Å². The summed E-state index contributed by atoms with van der Waals surface area (Å²) in [6.07, 6.45) is 4.65. The van der Waals surface area contributed by atoms with Crippen LogP contribution in [0.3, 0.4) is 0 Å². The number of halogens is 1. The number of thioether (sulfide) groups is 1. The van der Waals surface area contributed by atoms with Crippen LogP contribution >= 0.6 is 34.7 Å². The predicted octanol–water partition coefficient (Wildman–Crippen LogP) is 4.41. The molecule has 0 aliphatic rings. The van der Waals surface area contributed by atoms with Crippen molar-refractivity contribution in [1.29, 1.82) is 0 Å². The van der Waals surface area contributed by atoms with E-state index in [9.17, 15) is 0 Å². The summed E-state index contributed by atoms with van der Waals surface area (Å²) in [6, 6.07) is 3.78. The van der Waals surface area contributed by atoms with E-state index in [4.69, 9.17) is 21.8 Å². The molecule has 0 fully saturated rings. The number of nitrogens with one attached hydrogen (secondary N) is 1. The lowest BCUT2D eigenvalue weighted by atomic mass is 10.1. The second-order valence-electron chi connectivity index (χ2n) is 5.56. The molecule has 3 N–H and O–H groups in total. The van der Waals surface area contributed by atoms with Crippen molar-refractivity contribution in [2.75, 3.05) is 18.1 Å². The molecule has 0 aliphatic heterocycles. The molecular weight excluding hydrogens is 364 g/mol. The lowest BCUT2D eigenvalue weighted by Gasteiger charge is -2.07. The average Bonchev–Trinajstić information content (AvgIpc) is 3.19. The van der Waals surface area contributed by atoms with E-state index in [1.807, 2.05) is 12.1 Å². The van der Waals surface area contributed by atoms with Crippen LogP contribution in [-0.2, 0) is 13.0 Å². The lowest BCUT2D eigenvalue weighted by molar-refractivity contribution is 0.518. The van der Waals surface area contributed by atoms with Crippen LogP contribution < -0.4 is 11.1 Å². The van der Waals surface area contributed by atoms with Crippen molar-refractivity contribution in [2.45, 2.75) is 24.8 Å². The van der Waals surface area contributed by atoms with Crippen LogP contribution in [0, 0.1) is 5.92 Å². The van der Waals surface area contributed by atoms with Gasteiger partial charge in [-0.25, -0.2) is 4.98 Å². The van der Waals surface area contributed by atoms with E-state index in [1.54, 1.807) is 29.4 Å². The molecule has 3 heterocycles. The fourth-order valence-corrected chi connectivity index (χ4v) is 4.95. The Morgan fingerprint density at radius 3 is 2.96 bits per heavy atom. The largest absolute Gasteiger partial charge is 0.467 e. The van der Waals surface area contributed by atoms with E-state index in [2.05, 4.69) is 28.5 Å². The maximum atomic E-state index is 6.15. The summed E-state index contributed by atoms with van der Waals surface area (Å²) in [5, 5.41) is 3.56. The van der Waals surface area contributed by atoms with Crippen molar-refractivity contribution in [1.82, 2.24) is 9.97 Å². The molecule has 0 aromatic carbocycles. The maximum Gasteiger partial charge on any atom is 0.225 e. The normalized spacial score (nSPS) is 12.7. The van der Waals surface area contributed by atoms with Gasteiger partial charge in [-0.1, -0.05) is 6.92 Å². The van der Waals surface area contributed by atoms with Gasteiger partial charge in [0.05, 0.1) is 17.5 Å². The summed E-state index contributed by atoms with van der Waals surface area (Å²) in [7, 11) is 0. The Morgan fingerprint density at radius 2 is 2.29 bits per heavy atom. The van der Waals surface area contributed by atoms with Crippen LogP contribution in [0.25, 0.3) is 10.2 Å². The van der Waals surface area contributed by atoms with Crippen molar-refractivity contribution < 1.29 is 4.42 Å². The number of aromatic nitrogens is 2. The highest BCUT2D eigenvalue weighted by Gasteiger charge is 2.19. The second kappa shape index (κ2) is 7.74. The Hall–Kier alpha value is -1.28. The molecule has 0 bridgehead atoms. The summed E-state index contributed by atoms with van der Waals surface area (Å²) in [6.45, 7) is 3.37. The zero-order chi connectivity index (χ0) is 17.1. The zero-order valence-corrected chi connectivity index (χ0v) is 15.9. The number of hydrogen-bond acceptors (Lipinski definition) is 7. The fraction of sp³-hybridized carbons (Fsp3) is 0.375. The molecule has 3 rings (SSSR count). The Kier molecular flexibility index (Phi) is 5.65. The molecule has 0 saturated carbocycles. The molecule has 24 heavy (non-hydrogen) atoms. The Labute approximate surface area is 154 Å². The first-order chi connectivity index (χ1) is 11.6. The van der Waals surface area contributed by atoms with E-state index in [1.165, 1.54) is 9.77 Å². The van der Waals surface area contributed by atoms with Crippen LogP contribution in [0.4, 0.5) is 5.82 Å². The van der Waals surface area contributed by atoms with E-state index >= 15 is 0 Å². The molecule has 3 aromatic rings. The second-order valence-corrected chi connectivity index (χ2v) is 7.82. The zero-order valence-electron chi connectivity index (χ0n) is 13.5. The van der Waals surface area contributed by atoms with Gasteiger partial charge in [-0.15, -0.1) is 23.1 Å². The van der Waals surface area contributed by atoms with Crippen LogP contribution in [0.5, 0.6) is 0 Å². The molecular formula is C16H19ClN4OS2. The number of nitrogens with two attached hydrogens (primary N) is 1. The van der Waals surface area contributed by atoms with Crippen molar-refractivity contribution in [3.63, 3.8) is 0 Å². The molecule has 0 spiro atoms. The van der Waals surface area contributed by atoms with Gasteiger partial charge in [0.25, 0.3) is 0 Å². The maximum absolute atomic E-state index is 6.15. The SMILES string of the molecule is CSc1c(C[C@H](C)CN)sc2c(NCc3ccco3)nc(Cl)nc12. The summed E-state index contributed by atoms with van der Waals surface area (Å²) in [5.74, 6) is 2.01. The smallest absolute Gasteiger partial charge is 0.225 e.